The molecule has 20 heavy (non-hydrogen) atoms. The Morgan fingerprint density at radius 2 is 1.75 bits per heavy atom. The van der Waals surface area contributed by atoms with E-state index in [0.29, 0.717) is 5.92 Å². The van der Waals surface area contributed by atoms with Crippen LogP contribution in [0.5, 0.6) is 0 Å². The third-order valence-electron chi connectivity index (χ3n) is 3.57. The standard InChI is InChI=1S/C14H17N3O.O.Pt/c18-14-13(11-6-8-15-9-7-11)10-17(16-14)12-4-2-1-3-5-12;;/h1-5,10-11,15H,6-9H2,(H,16,18);;. The van der Waals surface area contributed by atoms with Crippen LogP contribution in [0.1, 0.15) is 24.3 Å². The van der Waals surface area contributed by atoms with Crippen molar-refractivity contribution in [2.75, 3.05) is 13.1 Å². The summed E-state index contributed by atoms with van der Waals surface area (Å²) in [6.07, 6.45) is 4.04. The number of benzene rings is 1. The molecular weight excluding hydrogens is 437 g/mol. The van der Waals surface area contributed by atoms with Gasteiger partial charge in [-0.15, -0.1) is 0 Å². The van der Waals surface area contributed by atoms with Crippen molar-refractivity contribution < 1.29 is 23.2 Å². The van der Waals surface area contributed by atoms with Crippen LogP contribution >= 0.6 is 0 Å². The molecule has 3 rings (SSSR count). The van der Waals surface area contributed by atoms with E-state index in [-0.39, 0.29) is 5.56 Å². The maximum absolute atomic E-state index is 12.0. The number of rotatable bonds is 2. The molecule has 2 N–H and O–H groups in total. The van der Waals surface area contributed by atoms with Crippen LogP contribution in [0.15, 0.2) is 41.3 Å². The zero-order valence-electron chi connectivity index (χ0n) is 10.9. The molecule has 1 aliphatic rings. The van der Waals surface area contributed by atoms with Crippen molar-refractivity contribution in [2.24, 2.45) is 0 Å². The number of piperidine rings is 1. The summed E-state index contributed by atoms with van der Waals surface area (Å²) in [5, 5.41) is 6.22. The SMILES string of the molecule is O=c1[nH]n(-c2ccccc2)cc1C1CCNCC1.[O]=[Pt]. The fraction of sp³-hybridized carbons (Fsp3) is 0.357. The average Bonchev–Trinajstić information content (AvgIpc) is 2.93. The Balaban J connectivity index is 0.000000704. The molecular formula is C14H17N3O2Pt. The molecule has 0 spiro atoms. The van der Waals surface area contributed by atoms with Gasteiger partial charge in [-0.05, 0) is 44.0 Å². The van der Waals surface area contributed by atoms with Crippen LogP contribution < -0.4 is 10.9 Å². The topological polar surface area (TPSA) is 66.9 Å². The molecule has 1 aliphatic heterocycles. The van der Waals surface area contributed by atoms with Crippen molar-refractivity contribution in [1.29, 1.82) is 0 Å². The normalized spacial score (nSPS) is 15.5. The van der Waals surface area contributed by atoms with Crippen molar-refractivity contribution >= 4 is 0 Å². The fourth-order valence-electron chi connectivity index (χ4n) is 2.56. The van der Waals surface area contributed by atoms with Gasteiger partial charge in [-0.2, -0.15) is 0 Å². The second-order valence-electron chi connectivity index (χ2n) is 4.76. The average molecular weight is 454 g/mol. The summed E-state index contributed by atoms with van der Waals surface area (Å²) in [6.45, 7) is 2.00. The molecule has 0 saturated carbocycles. The van der Waals surface area contributed by atoms with Crippen LogP contribution in [0.4, 0.5) is 0 Å². The molecule has 2 aromatic rings. The number of nitrogens with zero attached hydrogens (tertiary/aromatic N) is 1. The zero-order chi connectivity index (χ0) is 14.4. The molecule has 0 atom stereocenters. The van der Waals surface area contributed by atoms with Crippen molar-refractivity contribution in [1.82, 2.24) is 15.1 Å². The molecule has 1 aromatic carbocycles. The number of aromatic amines is 1. The second-order valence-corrected chi connectivity index (χ2v) is 4.76. The quantitative estimate of drug-likeness (QED) is 0.723. The van der Waals surface area contributed by atoms with Gasteiger partial charge in [0.2, 0.25) is 0 Å². The first-order valence-corrected chi connectivity index (χ1v) is 7.48. The summed E-state index contributed by atoms with van der Waals surface area (Å²) < 4.78 is 10.0. The molecule has 2 heterocycles. The minimum absolute atomic E-state index is 0.0470. The van der Waals surface area contributed by atoms with E-state index in [4.69, 9.17) is 3.40 Å². The first-order valence-electron chi connectivity index (χ1n) is 6.55. The maximum atomic E-state index is 12.0. The van der Waals surface area contributed by atoms with Crippen LogP contribution in [0.25, 0.3) is 5.69 Å². The van der Waals surface area contributed by atoms with Gasteiger partial charge >= 0.3 is 23.2 Å². The van der Waals surface area contributed by atoms with Crippen molar-refractivity contribution in [3.05, 3.63) is 52.4 Å². The van der Waals surface area contributed by atoms with Gasteiger partial charge in [0.1, 0.15) is 0 Å². The van der Waals surface area contributed by atoms with Gasteiger partial charge < -0.3 is 5.32 Å². The molecule has 0 aliphatic carbocycles. The van der Waals surface area contributed by atoms with Crippen LogP contribution in [0.3, 0.4) is 0 Å². The van der Waals surface area contributed by atoms with Crippen molar-refractivity contribution in [3.8, 4) is 5.69 Å². The van der Waals surface area contributed by atoms with Gasteiger partial charge in [0.25, 0.3) is 5.56 Å². The molecule has 110 valence electrons. The third-order valence-corrected chi connectivity index (χ3v) is 3.57. The first kappa shape index (κ1) is 15.1. The number of hydrogen-bond donors (Lipinski definition) is 2. The summed E-state index contributed by atoms with van der Waals surface area (Å²) in [6, 6.07) is 9.89. The Hall–Kier alpha value is -1.32. The van der Waals surface area contributed by atoms with E-state index in [0.717, 1.165) is 57.0 Å². The Kier molecular flexibility index (Phi) is 5.62. The minimum atomic E-state index is 0.0470. The van der Waals surface area contributed by atoms with Gasteiger partial charge in [-0.1, -0.05) is 18.2 Å². The van der Waals surface area contributed by atoms with Gasteiger partial charge in [-0.25, -0.2) is 0 Å². The molecule has 6 heteroatoms. The molecule has 1 fully saturated rings. The number of H-pyrrole nitrogens is 1. The molecule has 0 radical (unpaired) electrons. The monoisotopic (exact) mass is 454 g/mol. The number of para-hydroxylation sites is 1. The number of nitrogens with one attached hydrogen (secondary N) is 2. The summed E-state index contributed by atoms with van der Waals surface area (Å²) in [5.74, 6) is 0.389. The predicted molar refractivity (Wildman–Crippen MR) is 71.9 cm³/mol. The molecule has 5 nitrogen and oxygen atoms in total. The van der Waals surface area contributed by atoms with E-state index in [1.165, 1.54) is 0 Å². The first-order chi connectivity index (χ1) is 9.84. The molecule has 0 amide bonds. The van der Waals surface area contributed by atoms with E-state index in [2.05, 4.69) is 10.4 Å². The Morgan fingerprint density at radius 3 is 2.40 bits per heavy atom. The van der Waals surface area contributed by atoms with Crippen LogP contribution in [-0.4, -0.2) is 22.9 Å². The van der Waals surface area contributed by atoms with E-state index in [1.807, 2.05) is 41.2 Å². The van der Waals surface area contributed by atoms with Gasteiger partial charge in [0.15, 0.2) is 0 Å². The van der Waals surface area contributed by atoms with E-state index in [9.17, 15) is 4.79 Å². The van der Waals surface area contributed by atoms with E-state index >= 15 is 0 Å². The second kappa shape index (κ2) is 7.46. The summed E-state index contributed by atoms with van der Waals surface area (Å²) in [5.41, 5.74) is 1.96. The molecule has 1 aromatic heterocycles. The number of aromatic nitrogens is 2. The van der Waals surface area contributed by atoms with Gasteiger partial charge in [0.05, 0.1) is 5.69 Å². The molecule has 0 bridgehead atoms. The Labute approximate surface area is 128 Å². The third kappa shape index (κ3) is 3.41. The van der Waals surface area contributed by atoms with Crippen molar-refractivity contribution in [3.63, 3.8) is 0 Å². The molecule has 0 unspecified atom stereocenters. The van der Waals surface area contributed by atoms with Crippen LogP contribution in [0.2, 0.25) is 0 Å². The predicted octanol–water partition coefficient (Wildman–Crippen LogP) is 1.51. The van der Waals surface area contributed by atoms with E-state index in [1.54, 1.807) is 0 Å². The Morgan fingerprint density at radius 1 is 1.10 bits per heavy atom. The summed E-state index contributed by atoms with van der Waals surface area (Å²) in [7, 11) is 0. The summed E-state index contributed by atoms with van der Waals surface area (Å²) in [4.78, 5) is 12.0. The fourth-order valence-corrected chi connectivity index (χ4v) is 2.56. The number of hydrogen-bond acceptors (Lipinski definition) is 3. The van der Waals surface area contributed by atoms with Crippen LogP contribution in [-0.2, 0) is 23.2 Å². The Bertz CT molecular complexity index is 588. The van der Waals surface area contributed by atoms with Crippen LogP contribution in [0, 0.1) is 0 Å². The van der Waals surface area contributed by atoms with Gasteiger partial charge in [-0.3, -0.25) is 14.6 Å². The van der Waals surface area contributed by atoms with Crippen molar-refractivity contribution in [2.45, 2.75) is 18.8 Å². The molecule has 1 saturated heterocycles. The summed E-state index contributed by atoms with van der Waals surface area (Å²) >= 11 is 0.889. The zero-order valence-corrected chi connectivity index (χ0v) is 13.2. The van der Waals surface area contributed by atoms with E-state index < -0.39 is 0 Å². The van der Waals surface area contributed by atoms with Gasteiger partial charge in [0, 0.05) is 11.8 Å².